The first-order valence-corrected chi connectivity index (χ1v) is 9.55. The Hall–Kier alpha value is -1.97. The molecule has 0 aliphatic heterocycles. The average molecular weight is 355 g/mol. The lowest BCUT2D eigenvalue weighted by molar-refractivity contribution is -0.129. The standard InChI is InChI=1S/C22H29NO3/c1-12-8-13(2)19(14(3)9-12)20-17(24)10-15(21(20)26)11-18(25)23-22(4,5)16-6-7-16/h8-9,15-16,20H,6-7,10-11H2,1-5H3,(H,23,25). The average Bonchev–Trinajstić information content (AvgIpc) is 3.30. The molecule has 3 rings (SSSR count). The van der Waals surface area contributed by atoms with Crippen LogP contribution in [0.5, 0.6) is 0 Å². The molecule has 0 spiro atoms. The molecule has 4 nitrogen and oxygen atoms in total. The Morgan fingerprint density at radius 1 is 1.12 bits per heavy atom. The highest BCUT2D eigenvalue weighted by Gasteiger charge is 2.45. The number of benzene rings is 1. The van der Waals surface area contributed by atoms with Gasteiger partial charge in [0.15, 0.2) is 5.78 Å². The molecule has 0 bridgehead atoms. The van der Waals surface area contributed by atoms with Gasteiger partial charge < -0.3 is 5.32 Å². The topological polar surface area (TPSA) is 63.2 Å². The maximum atomic E-state index is 13.0. The molecule has 1 N–H and O–H groups in total. The summed E-state index contributed by atoms with van der Waals surface area (Å²) in [5.74, 6) is -0.940. The van der Waals surface area contributed by atoms with Crippen molar-refractivity contribution in [2.45, 2.75) is 71.8 Å². The summed E-state index contributed by atoms with van der Waals surface area (Å²) in [6, 6.07) is 4.03. The summed E-state index contributed by atoms with van der Waals surface area (Å²) >= 11 is 0. The second kappa shape index (κ2) is 6.64. The van der Waals surface area contributed by atoms with Gasteiger partial charge in [0.05, 0.1) is 0 Å². The number of amides is 1. The Kier molecular flexibility index (Phi) is 4.80. The molecule has 0 saturated heterocycles. The minimum atomic E-state index is -0.704. The molecule has 2 atom stereocenters. The van der Waals surface area contributed by atoms with E-state index in [1.165, 1.54) is 0 Å². The van der Waals surface area contributed by atoms with Gasteiger partial charge in [-0.15, -0.1) is 0 Å². The molecule has 1 amide bonds. The molecule has 2 saturated carbocycles. The number of hydrogen-bond acceptors (Lipinski definition) is 3. The molecule has 2 fully saturated rings. The van der Waals surface area contributed by atoms with E-state index in [0.29, 0.717) is 5.92 Å². The Balaban J connectivity index is 1.74. The Morgan fingerprint density at radius 2 is 1.69 bits per heavy atom. The molecule has 2 unspecified atom stereocenters. The van der Waals surface area contributed by atoms with E-state index in [4.69, 9.17) is 0 Å². The van der Waals surface area contributed by atoms with Crippen molar-refractivity contribution in [2.75, 3.05) is 0 Å². The lowest BCUT2D eigenvalue weighted by atomic mass is 9.86. The van der Waals surface area contributed by atoms with E-state index in [0.717, 1.165) is 35.1 Å². The van der Waals surface area contributed by atoms with Crippen LogP contribution < -0.4 is 5.32 Å². The number of aryl methyl sites for hydroxylation is 3. The lowest BCUT2D eigenvalue weighted by Gasteiger charge is -2.26. The fraction of sp³-hybridized carbons (Fsp3) is 0.591. The Morgan fingerprint density at radius 3 is 2.23 bits per heavy atom. The highest BCUT2D eigenvalue weighted by Crippen LogP contribution is 2.40. The number of hydrogen-bond donors (Lipinski definition) is 1. The summed E-state index contributed by atoms with van der Waals surface area (Å²) in [7, 11) is 0. The van der Waals surface area contributed by atoms with Crippen LogP contribution in [0.4, 0.5) is 0 Å². The third kappa shape index (κ3) is 3.60. The zero-order valence-electron chi connectivity index (χ0n) is 16.4. The molecule has 140 valence electrons. The quantitative estimate of drug-likeness (QED) is 0.822. The molecule has 26 heavy (non-hydrogen) atoms. The van der Waals surface area contributed by atoms with Crippen LogP contribution in [0.3, 0.4) is 0 Å². The summed E-state index contributed by atoms with van der Waals surface area (Å²) in [5, 5.41) is 3.06. The molecule has 0 aromatic heterocycles. The van der Waals surface area contributed by atoms with Gasteiger partial charge in [-0.3, -0.25) is 14.4 Å². The molecule has 0 radical (unpaired) electrons. The summed E-state index contributed by atoms with van der Waals surface area (Å²) in [5.41, 5.74) is 3.70. The predicted molar refractivity (Wildman–Crippen MR) is 101 cm³/mol. The van der Waals surface area contributed by atoms with E-state index >= 15 is 0 Å². The van der Waals surface area contributed by atoms with Gasteiger partial charge in [-0.25, -0.2) is 0 Å². The van der Waals surface area contributed by atoms with Crippen LogP contribution in [0, 0.1) is 32.6 Å². The number of nitrogens with one attached hydrogen (secondary N) is 1. The third-order valence-corrected chi connectivity index (χ3v) is 5.97. The molecular formula is C22H29NO3. The van der Waals surface area contributed by atoms with E-state index in [1.807, 2.05) is 46.8 Å². The third-order valence-electron chi connectivity index (χ3n) is 5.97. The van der Waals surface area contributed by atoms with Gasteiger partial charge in [-0.2, -0.15) is 0 Å². The van der Waals surface area contributed by atoms with Gasteiger partial charge in [0, 0.05) is 24.3 Å². The van der Waals surface area contributed by atoms with Crippen LogP contribution >= 0.6 is 0 Å². The van der Waals surface area contributed by atoms with Crippen LogP contribution in [0.2, 0.25) is 0 Å². The number of rotatable bonds is 5. The first-order valence-electron chi connectivity index (χ1n) is 9.55. The molecule has 1 aromatic rings. The number of carbonyl (C=O) groups excluding carboxylic acids is 3. The smallest absolute Gasteiger partial charge is 0.221 e. The highest BCUT2D eigenvalue weighted by atomic mass is 16.2. The van der Waals surface area contributed by atoms with Crippen LogP contribution in [0.25, 0.3) is 0 Å². The molecule has 2 aliphatic carbocycles. The Bertz CT molecular complexity index is 751. The largest absolute Gasteiger partial charge is 0.351 e. The number of carbonyl (C=O) groups is 3. The molecule has 4 heteroatoms. The first kappa shape index (κ1) is 18.8. The summed E-state index contributed by atoms with van der Waals surface area (Å²) in [4.78, 5) is 38.0. The van der Waals surface area contributed by atoms with E-state index in [9.17, 15) is 14.4 Å². The van der Waals surface area contributed by atoms with Gasteiger partial charge in [0.1, 0.15) is 11.7 Å². The molecule has 2 aliphatic rings. The fourth-order valence-corrected chi connectivity index (χ4v) is 4.52. The Labute approximate surface area is 155 Å². The van der Waals surface area contributed by atoms with Crippen LogP contribution in [0.15, 0.2) is 12.1 Å². The van der Waals surface area contributed by atoms with Crippen LogP contribution in [-0.2, 0) is 14.4 Å². The normalized spacial score (nSPS) is 23.4. The van der Waals surface area contributed by atoms with Crippen molar-refractivity contribution in [1.82, 2.24) is 5.32 Å². The maximum Gasteiger partial charge on any atom is 0.221 e. The van der Waals surface area contributed by atoms with Crippen LogP contribution in [-0.4, -0.2) is 23.0 Å². The molecule has 0 heterocycles. The van der Waals surface area contributed by atoms with E-state index in [-0.39, 0.29) is 35.9 Å². The van der Waals surface area contributed by atoms with Crippen molar-refractivity contribution in [2.24, 2.45) is 11.8 Å². The van der Waals surface area contributed by atoms with Crippen molar-refractivity contribution >= 4 is 17.5 Å². The monoisotopic (exact) mass is 355 g/mol. The van der Waals surface area contributed by atoms with Gasteiger partial charge in [-0.1, -0.05) is 17.7 Å². The predicted octanol–water partition coefficient (Wildman–Crippen LogP) is 3.55. The minimum absolute atomic E-state index is 0.0516. The molecule has 1 aromatic carbocycles. The van der Waals surface area contributed by atoms with E-state index < -0.39 is 11.8 Å². The van der Waals surface area contributed by atoms with Gasteiger partial charge >= 0.3 is 0 Å². The lowest BCUT2D eigenvalue weighted by Crippen LogP contribution is -2.45. The number of Topliss-reactive ketones (excluding diaryl/α,β-unsaturated/α-hetero) is 2. The summed E-state index contributed by atoms with van der Waals surface area (Å²) < 4.78 is 0. The summed E-state index contributed by atoms with van der Waals surface area (Å²) in [6.45, 7) is 9.98. The highest BCUT2D eigenvalue weighted by molar-refractivity contribution is 6.15. The van der Waals surface area contributed by atoms with Gasteiger partial charge in [-0.05, 0) is 70.1 Å². The number of ketones is 2. The van der Waals surface area contributed by atoms with Crippen molar-refractivity contribution in [3.05, 3.63) is 34.4 Å². The maximum absolute atomic E-state index is 13.0. The van der Waals surface area contributed by atoms with Crippen molar-refractivity contribution < 1.29 is 14.4 Å². The zero-order chi connectivity index (χ0) is 19.2. The fourth-order valence-electron chi connectivity index (χ4n) is 4.52. The second-order valence-corrected chi connectivity index (χ2v) is 8.76. The first-order chi connectivity index (χ1) is 12.1. The zero-order valence-corrected chi connectivity index (χ0v) is 16.4. The SMILES string of the molecule is Cc1cc(C)c(C2C(=O)CC(CC(=O)NC(C)(C)C3CC3)C2=O)c(C)c1. The molecular weight excluding hydrogens is 326 g/mol. The van der Waals surface area contributed by atoms with E-state index in [1.54, 1.807) is 0 Å². The van der Waals surface area contributed by atoms with Crippen molar-refractivity contribution in [3.63, 3.8) is 0 Å². The second-order valence-electron chi connectivity index (χ2n) is 8.76. The van der Waals surface area contributed by atoms with Crippen molar-refractivity contribution in [1.29, 1.82) is 0 Å². The van der Waals surface area contributed by atoms with Crippen LogP contribution in [0.1, 0.15) is 67.7 Å². The van der Waals surface area contributed by atoms with E-state index in [2.05, 4.69) is 5.32 Å². The minimum Gasteiger partial charge on any atom is -0.351 e. The van der Waals surface area contributed by atoms with Gasteiger partial charge in [0.2, 0.25) is 5.91 Å². The van der Waals surface area contributed by atoms with Crippen molar-refractivity contribution in [3.8, 4) is 0 Å². The van der Waals surface area contributed by atoms with Gasteiger partial charge in [0.25, 0.3) is 0 Å². The summed E-state index contributed by atoms with van der Waals surface area (Å²) in [6.07, 6.45) is 2.57.